The summed E-state index contributed by atoms with van der Waals surface area (Å²) >= 11 is 0. The summed E-state index contributed by atoms with van der Waals surface area (Å²) in [5, 5.41) is 2.86. The number of ether oxygens (including phenoxy) is 2. The molecule has 0 saturated carbocycles. The van der Waals surface area contributed by atoms with Crippen LogP contribution in [0.3, 0.4) is 0 Å². The van der Waals surface area contributed by atoms with E-state index in [1.54, 1.807) is 10.4 Å². The molecule has 0 radical (unpaired) electrons. The maximum Gasteiger partial charge on any atom is 0.243 e. The fraction of sp³-hybridized carbons (Fsp3) is 0.435. The minimum atomic E-state index is -3.63. The molecule has 2 aliphatic heterocycles. The largest absolute Gasteiger partial charge is 0.495 e. The monoisotopic (exact) mass is 444 g/mol. The number of fused-ring (bicyclic) bond motifs is 1. The number of benzene rings is 2. The zero-order valence-corrected chi connectivity index (χ0v) is 18.5. The molecule has 166 valence electrons. The Morgan fingerprint density at radius 1 is 1.10 bits per heavy atom. The van der Waals surface area contributed by atoms with Gasteiger partial charge in [0.25, 0.3) is 0 Å². The number of nitrogens with zero attached hydrogens (tertiary/aromatic N) is 1. The molecule has 1 amide bonds. The van der Waals surface area contributed by atoms with Crippen molar-refractivity contribution in [3.05, 3.63) is 48.0 Å². The van der Waals surface area contributed by atoms with Gasteiger partial charge in [-0.05, 0) is 49.1 Å². The number of carbonyl (C=O) groups excluding carboxylic acids is 1. The van der Waals surface area contributed by atoms with Crippen molar-refractivity contribution < 1.29 is 22.7 Å². The highest BCUT2D eigenvalue weighted by atomic mass is 32.2. The van der Waals surface area contributed by atoms with E-state index in [0.717, 1.165) is 37.0 Å². The summed E-state index contributed by atoms with van der Waals surface area (Å²) in [5.41, 5.74) is 1.33. The molecule has 0 unspecified atom stereocenters. The van der Waals surface area contributed by atoms with Crippen LogP contribution < -0.4 is 14.8 Å². The summed E-state index contributed by atoms with van der Waals surface area (Å²) in [5.74, 6) is 0.623. The average molecular weight is 445 g/mol. The van der Waals surface area contributed by atoms with E-state index in [9.17, 15) is 13.2 Å². The number of nitrogens with one attached hydrogen (secondary N) is 1. The molecule has 0 aromatic heterocycles. The maximum absolute atomic E-state index is 13.2. The van der Waals surface area contributed by atoms with E-state index < -0.39 is 10.0 Å². The van der Waals surface area contributed by atoms with Gasteiger partial charge in [0, 0.05) is 13.1 Å². The minimum absolute atomic E-state index is 0.163. The smallest absolute Gasteiger partial charge is 0.243 e. The summed E-state index contributed by atoms with van der Waals surface area (Å²) in [6, 6.07) is 12.3. The molecular weight excluding hydrogens is 416 g/mol. The van der Waals surface area contributed by atoms with Gasteiger partial charge in [-0.2, -0.15) is 4.31 Å². The number of sulfonamides is 1. The normalized spacial score (nSPS) is 19.6. The van der Waals surface area contributed by atoms with Crippen molar-refractivity contribution in [2.24, 2.45) is 5.92 Å². The first kappa shape index (κ1) is 21.6. The lowest BCUT2D eigenvalue weighted by Crippen LogP contribution is -2.33. The van der Waals surface area contributed by atoms with Crippen LogP contribution in [-0.4, -0.2) is 45.4 Å². The summed E-state index contributed by atoms with van der Waals surface area (Å²) in [4.78, 5) is 13.1. The summed E-state index contributed by atoms with van der Waals surface area (Å²) in [7, 11) is -2.14. The lowest BCUT2D eigenvalue weighted by atomic mass is 9.96. The average Bonchev–Trinajstić information content (AvgIpc) is 3.09. The van der Waals surface area contributed by atoms with E-state index in [4.69, 9.17) is 9.47 Å². The Morgan fingerprint density at radius 2 is 1.84 bits per heavy atom. The standard InChI is InChI=1S/C23H28N2O5S/c1-29-22-11-10-19(31(27,28)25-12-6-2-3-7-13-25)15-20(22)24-23(26)18-14-17-8-4-5-9-21(17)30-16-18/h4-5,8-11,15,18H,2-3,6-7,12-14,16H2,1H3,(H,24,26)/t18-/m0/s1. The van der Waals surface area contributed by atoms with Crippen LogP contribution in [0.5, 0.6) is 11.5 Å². The molecular formula is C23H28N2O5S. The number of methoxy groups -OCH3 is 1. The highest BCUT2D eigenvalue weighted by molar-refractivity contribution is 7.89. The molecule has 2 heterocycles. The van der Waals surface area contributed by atoms with Crippen molar-refractivity contribution in [2.75, 3.05) is 32.1 Å². The molecule has 0 spiro atoms. The molecule has 4 rings (SSSR count). The third kappa shape index (κ3) is 4.70. The topological polar surface area (TPSA) is 84.9 Å². The van der Waals surface area contributed by atoms with Crippen LogP contribution in [0.25, 0.3) is 0 Å². The molecule has 1 N–H and O–H groups in total. The zero-order chi connectivity index (χ0) is 21.8. The molecule has 7 nitrogen and oxygen atoms in total. The van der Waals surface area contributed by atoms with E-state index in [1.807, 2.05) is 24.3 Å². The molecule has 2 aromatic rings. The predicted octanol–water partition coefficient (Wildman–Crippen LogP) is 3.45. The Labute approximate surface area is 183 Å². The highest BCUT2D eigenvalue weighted by Gasteiger charge is 2.29. The Hall–Kier alpha value is -2.58. The quantitative estimate of drug-likeness (QED) is 0.764. The molecule has 8 heteroatoms. The van der Waals surface area contributed by atoms with Crippen molar-refractivity contribution >= 4 is 21.6 Å². The summed E-state index contributed by atoms with van der Waals surface area (Å²) in [6.07, 6.45) is 4.38. The molecule has 1 fully saturated rings. The zero-order valence-electron chi connectivity index (χ0n) is 17.7. The van der Waals surface area contributed by atoms with E-state index in [0.29, 0.717) is 30.9 Å². The first-order valence-electron chi connectivity index (χ1n) is 10.7. The van der Waals surface area contributed by atoms with Gasteiger partial charge in [-0.3, -0.25) is 4.79 Å². The van der Waals surface area contributed by atoms with Crippen LogP contribution >= 0.6 is 0 Å². The first-order valence-corrected chi connectivity index (χ1v) is 12.1. The molecule has 2 aromatic carbocycles. The van der Waals surface area contributed by atoms with E-state index >= 15 is 0 Å². The van der Waals surface area contributed by atoms with Crippen LogP contribution in [0.2, 0.25) is 0 Å². The van der Waals surface area contributed by atoms with Gasteiger partial charge in [0.1, 0.15) is 18.1 Å². The van der Waals surface area contributed by atoms with Crippen molar-refractivity contribution in [1.29, 1.82) is 0 Å². The number of hydrogen-bond donors (Lipinski definition) is 1. The number of rotatable bonds is 5. The highest BCUT2D eigenvalue weighted by Crippen LogP contribution is 2.32. The van der Waals surface area contributed by atoms with Gasteiger partial charge < -0.3 is 14.8 Å². The Balaban J connectivity index is 1.55. The number of para-hydroxylation sites is 1. The van der Waals surface area contributed by atoms with Crippen molar-refractivity contribution in [3.63, 3.8) is 0 Å². The van der Waals surface area contributed by atoms with Crippen LogP contribution in [0.4, 0.5) is 5.69 Å². The molecule has 1 atom stereocenters. The Morgan fingerprint density at radius 3 is 2.58 bits per heavy atom. The molecule has 0 aliphatic carbocycles. The van der Waals surface area contributed by atoms with Crippen molar-refractivity contribution in [3.8, 4) is 11.5 Å². The van der Waals surface area contributed by atoms with Crippen LogP contribution in [0, 0.1) is 5.92 Å². The second-order valence-electron chi connectivity index (χ2n) is 7.99. The van der Waals surface area contributed by atoms with Gasteiger partial charge >= 0.3 is 0 Å². The second-order valence-corrected chi connectivity index (χ2v) is 9.93. The third-order valence-electron chi connectivity index (χ3n) is 5.88. The molecule has 1 saturated heterocycles. The summed E-state index contributed by atoms with van der Waals surface area (Å²) in [6.45, 7) is 1.32. The van der Waals surface area contributed by atoms with Crippen molar-refractivity contribution in [1.82, 2.24) is 4.31 Å². The Kier molecular flexibility index (Phi) is 6.48. The maximum atomic E-state index is 13.2. The minimum Gasteiger partial charge on any atom is -0.495 e. The van der Waals surface area contributed by atoms with Gasteiger partial charge in [0.05, 0.1) is 23.6 Å². The molecule has 0 bridgehead atoms. The molecule has 2 aliphatic rings. The fourth-order valence-corrected chi connectivity index (χ4v) is 5.65. The predicted molar refractivity (Wildman–Crippen MR) is 118 cm³/mol. The SMILES string of the molecule is COc1ccc(S(=O)(=O)N2CCCCCC2)cc1NC(=O)[C@@H]1COc2ccccc2C1. The van der Waals surface area contributed by atoms with Gasteiger partial charge in [0.2, 0.25) is 15.9 Å². The van der Waals surface area contributed by atoms with Crippen LogP contribution in [0.15, 0.2) is 47.4 Å². The number of hydrogen-bond acceptors (Lipinski definition) is 5. The number of amides is 1. The summed E-state index contributed by atoms with van der Waals surface area (Å²) < 4.78 is 39.0. The fourth-order valence-electron chi connectivity index (χ4n) is 4.11. The number of anilines is 1. The lowest BCUT2D eigenvalue weighted by molar-refractivity contribution is -0.121. The Bertz CT molecular complexity index is 1050. The van der Waals surface area contributed by atoms with E-state index in [-0.39, 0.29) is 23.3 Å². The van der Waals surface area contributed by atoms with Crippen LogP contribution in [0.1, 0.15) is 31.2 Å². The van der Waals surface area contributed by atoms with E-state index in [1.165, 1.54) is 19.2 Å². The number of carbonyl (C=O) groups is 1. The van der Waals surface area contributed by atoms with E-state index in [2.05, 4.69) is 5.32 Å². The lowest BCUT2D eigenvalue weighted by Gasteiger charge is -2.25. The van der Waals surface area contributed by atoms with Gasteiger partial charge in [-0.25, -0.2) is 8.42 Å². The second kappa shape index (κ2) is 9.28. The molecule has 31 heavy (non-hydrogen) atoms. The van der Waals surface area contributed by atoms with Gasteiger partial charge in [-0.15, -0.1) is 0 Å². The first-order chi connectivity index (χ1) is 15.0. The van der Waals surface area contributed by atoms with Gasteiger partial charge in [-0.1, -0.05) is 31.0 Å². The van der Waals surface area contributed by atoms with Gasteiger partial charge in [0.15, 0.2) is 0 Å². The van der Waals surface area contributed by atoms with Crippen LogP contribution in [-0.2, 0) is 21.2 Å². The van der Waals surface area contributed by atoms with Crippen molar-refractivity contribution in [2.45, 2.75) is 37.0 Å². The third-order valence-corrected chi connectivity index (χ3v) is 7.78.